The summed E-state index contributed by atoms with van der Waals surface area (Å²) in [6, 6.07) is 0. The van der Waals surface area contributed by atoms with Crippen molar-refractivity contribution in [3.63, 3.8) is 0 Å². The second-order valence-electron chi connectivity index (χ2n) is 5.62. The van der Waals surface area contributed by atoms with Gasteiger partial charge in [-0.1, -0.05) is 64.7 Å². The first-order valence-electron chi connectivity index (χ1n) is 8.09. The van der Waals surface area contributed by atoms with Crippen LogP contribution in [0.25, 0.3) is 0 Å². The van der Waals surface area contributed by atoms with Gasteiger partial charge in [0.05, 0.1) is 5.25 Å². The first kappa shape index (κ1) is 19.9. The van der Waals surface area contributed by atoms with Gasteiger partial charge in [0.2, 0.25) is 0 Å². The summed E-state index contributed by atoms with van der Waals surface area (Å²) in [5, 5.41) is 8.09. The van der Waals surface area contributed by atoms with E-state index in [1.54, 1.807) is 0 Å². The molecule has 20 heavy (non-hydrogen) atoms. The Morgan fingerprint density at radius 2 is 1.25 bits per heavy atom. The molecule has 0 saturated carbocycles. The van der Waals surface area contributed by atoms with Gasteiger partial charge in [0.1, 0.15) is 0 Å². The molecule has 0 aromatic carbocycles. The molecular weight excluding hydrogens is 276 g/mol. The van der Waals surface area contributed by atoms with Crippen LogP contribution < -0.4 is 0 Å². The highest BCUT2D eigenvalue weighted by Crippen LogP contribution is 2.18. The molecule has 0 aromatic rings. The smallest absolute Gasteiger partial charge is 0.267 e. The largest absolute Gasteiger partial charge is 0.396 e. The van der Waals surface area contributed by atoms with E-state index in [0.717, 1.165) is 64.2 Å². The van der Waals surface area contributed by atoms with E-state index in [-0.39, 0.29) is 6.61 Å². The molecule has 5 heteroatoms. The second-order valence-corrected chi connectivity index (χ2v) is 7.32. The summed E-state index contributed by atoms with van der Waals surface area (Å²) >= 11 is 0. The third-order valence-electron chi connectivity index (χ3n) is 3.74. The molecule has 0 saturated heterocycles. The number of rotatable bonds is 14. The van der Waals surface area contributed by atoms with Crippen LogP contribution in [-0.4, -0.2) is 29.9 Å². The molecule has 0 aliphatic rings. The molecule has 0 aromatic heterocycles. The molecule has 0 aliphatic heterocycles. The molecule has 0 amide bonds. The average Bonchev–Trinajstić information content (AvgIpc) is 2.38. The fourth-order valence-corrected chi connectivity index (χ4v) is 3.36. The highest BCUT2D eigenvalue weighted by Gasteiger charge is 2.21. The van der Waals surface area contributed by atoms with E-state index < -0.39 is 15.4 Å². The predicted octanol–water partition coefficient (Wildman–Crippen LogP) is 3.94. The van der Waals surface area contributed by atoms with E-state index in [1.807, 2.05) is 0 Å². The van der Waals surface area contributed by atoms with E-state index >= 15 is 0 Å². The van der Waals surface area contributed by atoms with Crippen LogP contribution in [-0.2, 0) is 10.1 Å². The Morgan fingerprint density at radius 1 is 0.800 bits per heavy atom. The maximum Gasteiger partial charge on any atom is 0.267 e. The van der Waals surface area contributed by atoms with Crippen molar-refractivity contribution in [2.24, 2.45) is 0 Å². The normalized spacial score (nSPS) is 13.6. The fraction of sp³-hybridized carbons (Fsp3) is 1.00. The molecule has 0 spiro atoms. The van der Waals surface area contributed by atoms with Crippen LogP contribution in [0.1, 0.15) is 84.0 Å². The van der Waals surface area contributed by atoms with Crippen molar-refractivity contribution in [2.45, 2.75) is 89.2 Å². The minimum atomic E-state index is -3.88. The van der Waals surface area contributed by atoms with Gasteiger partial charge in [-0.3, -0.25) is 4.55 Å². The molecule has 122 valence electrons. The lowest BCUT2D eigenvalue weighted by atomic mass is 10.0. The van der Waals surface area contributed by atoms with Gasteiger partial charge in [0.15, 0.2) is 0 Å². The number of unbranched alkanes of at least 4 members (excludes halogenated alkanes) is 8. The molecular formula is C15H32O4S. The summed E-state index contributed by atoms with van der Waals surface area (Å²) in [6.45, 7) is 2.35. The van der Waals surface area contributed by atoms with Crippen LogP contribution in [0.2, 0.25) is 0 Å². The topological polar surface area (TPSA) is 74.6 Å². The van der Waals surface area contributed by atoms with Crippen LogP contribution >= 0.6 is 0 Å². The number of aliphatic hydroxyl groups excluding tert-OH is 1. The minimum Gasteiger partial charge on any atom is -0.396 e. The third-order valence-corrected chi connectivity index (χ3v) is 5.05. The molecule has 0 bridgehead atoms. The monoisotopic (exact) mass is 308 g/mol. The summed E-state index contributed by atoms with van der Waals surface area (Å²) in [5.41, 5.74) is 0. The van der Waals surface area contributed by atoms with Gasteiger partial charge >= 0.3 is 0 Å². The van der Waals surface area contributed by atoms with Crippen molar-refractivity contribution in [1.82, 2.24) is 0 Å². The Kier molecular flexibility index (Phi) is 12.5. The Morgan fingerprint density at radius 3 is 1.70 bits per heavy atom. The molecule has 1 atom stereocenters. The maximum absolute atomic E-state index is 11.3. The van der Waals surface area contributed by atoms with Gasteiger partial charge in [0, 0.05) is 6.61 Å². The Balaban J connectivity index is 3.69. The summed E-state index contributed by atoms with van der Waals surface area (Å²) in [7, 11) is -3.88. The van der Waals surface area contributed by atoms with Crippen molar-refractivity contribution in [3.05, 3.63) is 0 Å². The molecule has 1 unspecified atom stereocenters. The van der Waals surface area contributed by atoms with Crippen molar-refractivity contribution in [2.75, 3.05) is 6.61 Å². The molecule has 0 aliphatic carbocycles. The van der Waals surface area contributed by atoms with Gasteiger partial charge in [-0.25, -0.2) is 0 Å². The van der Waals surface area contributed by atoms with Gasteiger partial charge in [-0.05, 0) is 19.3 Å². The maximum atomic E-state index is 11.3. The average molecular weight is 308 g/mol. The van der Waals surface area contributed by atoms with E-state index in [4.69, 9.17) is 5.11 Å². The van der Waals surface area contributed by atoms with Gasteiger partial charge in [-0.15, -0.1) is 0 Å². The summed E-state index contributed by atoms with van der Waals surface area (Å²) < 4.78 is 31.8. The minimum absolute atomic E-state index is 0.272. The van der Waals surface area contributed by atoms with E-state index in [9.17, 15) is 13.0 Å². The quantitative estimate of drug-likeness (QED) is 0.376. The Bertz CT molecular complexity index is 301. The summed E-state index contributed by atoms with van der Waals surface area (Å²) in [5.74, 6) is 0. The van der Waals surface area contributed by atoms with Gasteiger partial charge in [0.25, 0.3) is 10.1 Å². The van der Waals surface area contributed by atoms with Crippen LogP contribution in [0.5, 0.6) is 0 Å². The van der Waals surface area contributed by atoms with Crippen molar-refractivity contribution in [1.29, 1.82) is 0 Å². The van der Waals surface area contributed by atoms with E-state index in [0.29, 0.717) is 12.8 Å². The third kappa shape index (κ3) is 11.7. The first-order valence-corrected chi connectivity index (χ1v) is 9.59. The SMILES string of the molecule is CCCCCC(CCCCCCCCCO)S(=O)(=O)O. The van der Waals surface area contributed by atoms with Crippen LogP contribution in [0.15, 0.2) is 0 Å². The summed E-state index contributed by atoms with van der Waals surface area (Å²) in [6.07, 6.45) is 11.4. The molecule has 4 nitrogen and oxygen atoms in total. The number of aliphatic hydroxyl groups is 1. The van der Waals surface area contributed by atoms with Gasteiger partial charge in [-0.2, -0.15) is 8.42 Å². The highest BCUT2D eigenvalue weighted by atomic mass is 32.2. The number of hydrogen-bond donors (Lipinski definition) is 2. The molecule has 0 fully saturated rings. The van der Waals surface area contributed by atoms with Crippen LogP contribution in [0, 0.1) is 0 Å². The van der Waals surface area contributed by atoms with E-state index in [1.165, 1.54) is 0 Å². The van der Waals surface area contributed by atoms with Crippen molar-refractivity contribution in [3.8, 4) is 0 Å². The highest BCUT2D eigenvalue weighted by molar-refractivity contribution is 7.86. The van der Waals surface area contributed by atoms with E-state index in [2.05, 4.69) is 6.92 Å². The van der Waals surface area contributed by atoms with Gasteiger partial charge < -0.3 is 5.11 Å². The zero-order valence-electron chi connectivity index (χ0n) is 12.9. The fourth-order valence-electron chi connectivity index (χ4n) is 2.43. The van der Waals surface area contributed by atoms with Crippen LogP contribution in [0.4, 0.5) is 0 Å². The van der Waals surface area contributed by atoms with Crippen molar-refractivity contribution >= 4 is 10.1 Å². The molecule has 2 N–H and O–H groups in total. The standard InChI is InChI=1S/C15H32O4S/c1-2-3-9-12-15(20(17,18)19)13-10-7-5-4-6-8-11-14-16/h15-16H,2-14H2,1H3,(H,17,18,19). The Labute approximate surface area is 124 Å². The summed E-state index contributed by atoms with van der Waals surface area (Å²) in [4.78, 5) is 0. The molecule has 0 rings (SSSR count). The lowest BCUT2D eigenvalue weighted by molar-refractivity contribution is 0.282. The lowest BCUT2D eigenvalue weighted by Gasteiger charge is -2.13. The number of hydrogen-bond acceptors (Lipinski definition) is 3. The Hall–Kier alpha value is -0.130. The molecule has 0 radical (unpaired) electrons. The predicted molar refractivity (Wildman–Crippen MR) is 83.5 cm³/mol. The lowest BCUT2D eigenvalue weighted by Crippen LogP contribution is -2.20. The zero-order valence-corrected chi connectivity index (χ0v) is 13.7. The molecule has 0 heterocycles. The first-order chi connectivity index (χ1) is 9.52. The zero-order chi connectivity index (χ0) is 15.3. The second kappa shape index (κ2) is 12.6. The van der Waals surface area contributed by atoms with Crippen molar-refractivity contribution < 1.29 is 18.1 Å². The van der Waals surface area contributed by atoms with Crippen LogP contribution in [0.3, 0.4) is 0 Å².